The molecule has 0 aliphatic rings. The smallest absolute Gasteiger partial charge is 0.206 e. The van der Waals surface area contributed by atoms with Crippen molar-refractivity contribution in [3.8, 4) is 5.75 Å². The minimum Gasteiger partial charge on any atom is -0.473 e. The van der Waals surface area contributed by atoms with Crippen LogP contribution >= 0.6 is 11.3 Å². The highest BCUT2D eigenvalue weighted by molar-refractivity contribution is 7.21. The van der Waals surface area contributed by atoms with E-state index in [-0.39, 0.29) is 12.0 Å². The van der Waals surface area contributed by atoms with Crippen LogP contribution in [0.5, 0.6) is 5.75 Å². The predicted octanol–water partition coefficient (Wildman–Crippen LogP) is 3.81. The third-order valence-electron chi connectivity index (χ3n) is 3.68. The Morgan fingerprint density at radius 2 is 1.91 bits per heavy atom. The molecule has 4 nitrogen and oxygen atoms in total. The fourth-order valence-electron chi connectivity index (χ4n) is 2.17. The third-order valence-corrected chi connectivity index (χ3v) is 4.77. The minimum atomic E-state index is -0.143. The van der Waals surface area contributed by atoms with E-state index in [0.29, 0.717) is 16.2 Å². The van der Waals surface area contributed by atoms with E-state index in [1.165, 1.54) is 11.3 Å². The molecule has 0 bridgehead atoms. The van der Waals surface area contributed by atoms with Gasteiger partial charge in [-0.15, -0.1) is 11.3 Å². The van der Waals surface area contributed by atoms with Gasteiger partial charge in [0.1, 0.15) is 15.9 Å². The van der Waals surface area contributed by atoms with E-state index in [0.717, 1.165) is 10.2 Å². The molecule has 1 atom stereocenters. The number of carbonyl (C=O) groups excluding carboxylic acids is 1. The van der Waals surface area contributed by atoms with Crippen LogP contribution in [0.25, 0.3) is 10.2 Å². The van der Waals surface area contributed by atoms with E-state index in [2.05, 4.69) is 4.98 Å². The molecule has 0 saturated carbocycles. The molecule has 2 aromatic heterocycles. The number of hydrogen-bond donors (Lipinski definition) is 0. The second kappa shape index (κ2) is 6.48. The van der Waals surface area contributed by atoms with Gasteiger partial charge in [0.25, 0.3) is 0 Å². The lowest BCUT2D eigenvalue weighted by molar-refractivity contribution is 0.0813. The summed E-state index contributed by atoms with van der Waals surface area (Å²) in [5.74, 6) is 0.586. The molecule has 0 radical (unpaired) electrons. The van der Waals surface area contributed by atoms with E-state index in [1.807, 2.05) is 68.4 Å². The van der Waals surface area contributed by atoms with Gasteiger partial charge in [-0.25, -0.2) is 4.98 Å². The number of carbonyl (C=O) groups is 1. The molecule has 0 fully saturated rings. The van der Waals surface area contributed by atoms with Crippen molar-refractivity contribution < 1.29 is 9.53 Å². The standard InChI is InChI=1S/C18H18N2O2S/c1-12(20(2)3)22-16-14-10-7-11-19-18(14)23-17(16)15(21)13-8-5-4-6-9-13/h4-12H,1-3H3. The van der Waals surface area contributed by atoms with Crippen molar-refractivity contribution in [2.24, 2.45) is 0 Å². The molecular weight excluding hydrogens is 308 g/mol. The Hall–Kier alpha value is -2.24. The maximum Gasteiger partial charge on any atom is 0.206 e. The van der Waals surface area contributed by atoms with Gasteiger partial charge in [0.15, 0.2) is 5.75 Å². The predicted molar refractivity (Wildman–Crippen MR) is 93.3 cm³/mol. The molecule has 5 heteroatoms. The molecule has 0 aliphatic carbocycles. The first kappa shape index (κ1) is 15.6. The lowest BCUT2D eigenvalue weighted by atomic mass is 10.1. The second-order valence-electron chi connectivity index (χ2n) is 5.49. The topological polar surface area (TPSA) is 42.4 Å². The quantitative estimate of drug-likeness (QED) is 0.528. The first-order chi connectivity index (χ1) is 11.1. The molecule has 0 aliphatic heterocycles. The van der Waals surface area contributed by atoms with Gasteiger partial charge in [-0.05, 0) is 33.2 Å². The van der Waals surface area contributed by atoms with Gasteiger partial charge < -0.3 is 4.74 Å². The van der Waals surface area contributed by atoms with Crippen LogP contribution in [0.1, 0.15) is 22.2 Å². The third kappa shape index (κ3) is 3.11. The fourth-order valence-corrected chi connectivity index (χ4v) is 3.21. The highest BCUT2D eigenvalue weighted by Crippen LogP contribution is 2.38. The minimum absolute atomic E-state index is 0.0328. The summed E-state index contributed by atoms with van der Waals surface area (Å²) in [7, 11) is 3.88. The monoisotopic (exact) mass is 326 g/mol. The SMILES string of the molecule is CC(Oc1c(C(=O)c2ccccc2)sc2ncccc12)N(C)C. The van der Waals surface area contributed by atoms with Crippen molar-refractivity contribution in [3.63, 3.8) is 0 Å². The summed E-state index contributed by atoms with van der Waals surface area (Å²) in [4.78, 5) is 20.6. The summed E-state index contributed by atoms with van der Waals surface area (Å²) in [5.41, 5.74) is 0.654. The Labute approximate surface area is 139 Å². The van der Waals surface area contributed by atoms with Crippen LogP contribution in [-0.4, -0.2) is 36.0 Å². The van der Waals surface area contributed by atoms with Gasteiger partial charge in [-0.1, -0.05) is 30.3 Å². The molecule has 3 aromatic rings. The summed E-state index contributed by atoms with van der Waals surface area (Å²) in [6.45, 7) is 1.96. The van der Waals surface area contributed by atoms with Crippen LogP contribution in [-0.2, 0) is 0 Å². The number of ether oxygens (including phenoxy) is 1. The Kier molecular flexibility index (Phi) is 4.41. The number of aromatic nitrogens is 1. The zero-order valence-electron chi connectivity index (χ0n) is 13.3. The molecule has 118 valence electrons. The first-order valence-corrected chi connectivity index (χ1v) is 8.20. The van der Waals surface area contributed by atoms with Crippen molar-refractivity contribution in [3.05, 3.63) is 59.1 Å². The number of hydrogen-bond acceptors (Lipinski definition) is 5. The van der Waals surface area contributed by atoms with Gasteiger partial charge in [0.05, 0.1) is 5.39 Å². The second-order valence-corrected chi connectivity index (χ2v) is 6.49. The number of thiophene rings is 1. The highest BCUT2D eigenvalue weighted by Gasteiger charge is 2.23. The zero-order valence-corrected chi connectivity index (χ0v) is 14.1. The molecule has 0 amide bonds. The van der Waals surface area contributed by atoms with Gasteiger partial charge >= 0.3 is 0 Å². The van der Waals surface area contributed by atoms with Gasteiger partial charge in [-0.3, -0.25) is 9.69 Å². The molecule has 1 aromatic carbocycles. The van der Waals surface area contributed by atoms with Crippen LogP contribution in [0.4, 0.5) is 0 Å². The largest absolute Gasteiger partial charge is 0.473 e. The Balaban J connectivity index is 2.10. The molecule has 0 N–H and O–H groups in total. The highest BCUT2D eigenvalue weighted by atomic mass is 32.1. The first-order valence-electron chi connectivity index (χ1n) is 7.38. The van der Waals surface area contributed by atoms with Crippen molar-refractivity contribution in [2.45, 2.75) is 13.2 Å². The number of pyridine rings is 1. The van der Waals surface area contributed by atoms with E-state index in [1.54, 1.807) is 6.20 Å². The number of fused-ring (bicyclic) bond motifs is 1. The molecule has 23 heavy (non-hydrogen) atoms. The maximum atomic E-state index is 12.9. The Bertz CT molecular complexity index is 827. The molecule has 1 unspecified atom stereocenters. The average Bonchev–Trinajstić information content (AvgIpc) is 2.93. The van der Waals surface area contributed by atoms with Crippen LogP contribution in [0.3, 0.4) is 0 Å². The number of nitrogens with zero attached hydrogens (tertiary/aromatic N) is 2. The summed E-state index contributed by atoms with van der Waals surface area (Å²) in [6.07, 6.45) is 1.59. The zero-order chi connectivity index (χ0) is 16.4. The number of benzene rings is 1. The Morgan fingerprint density at radius 3 is 2.61 bits per heavy atom. The normalized spacial score (nSPS) is 12.5. The average molecular weight is 326 g/mol. The number of ketones is 1. The summed E-state index contributed by atoms with van der Waals surface area (Å²) < 4.78 is 6.08. The van der Waals surface area contributed by atoms with E-state index in [4.69, 9.17) is 4.74 Å². The Morgan fingerprint density at radius 1 is 1.17 bits per heavy atom. The van der Waals surface area contributed by atoms with Crippen molar-refractivity contribution in [1.82, 2.24) is 9.88 Å². The lowest BCUT2D eigenvalue weighted by Gasteiger charge is -2.21. The summed E-state index contributed by atoms with van der Waals surface area (Å²) in [5, 5.41) is 0.880. The van der Waals surface area contributed by atoms with Gasteiger partial charge in [0.2, 0.25) is 5.78 Å². The molecular formula is C18H18N2O2S. The molecule has 0 spiro atoms. The fraction of sp³-hybridized carbons (Fsp3) is 0.222. The molecule has 3 rings (SSSR count). The van der Waals surface area contributed by atoms with Crippen molar-refractivity contribution in [1.29, 1.82) is 0 Å². The van der Waals surface area contributed by atoms with Crippen molar-refractivity contribution in [2.75, 3.05) is 14.1 Å². The van der Waals surface area contributed by atoms with Crippen LogP contribution in [0.15, 0.2) is 48.7 Å². The summed E-state index contributed by atoms with van der Waals surface area (Å²) >= 11 is 1.38. The lowest BCUT2D eigenvalue weighted by Crippen LogP contribution is -2.30. The van der Waals surface area contributed by atoms with Gasteiger partial charge in [0, 0.05) is 11.8 Å². The van der Waals surface area contributed by atoms with Crippen molar-refractivity contribution >= 4 is 27.3 Å². The maximum absolute atomic E-state index is 12.9. The molecule has 2 heterocycles. The van der Waals surface area contributed by atoms with E-state index in [9.17, 15) is 4.79 Å². The van der Waals surface area contributed by atoms with Crippen LogP contribution in [0, 0.1) is 0 Å². The molecule has 0 saturated heterocycles. The van der Waals surface area contributed by atoms with E-state index < -0.39 is 0 Å². The number of rotatable bonds is 5. The van der Waals surface area contributed by atoms with Crippen LogP contribution < -0.4 is 4.74 Å². The van der Waals surface area contributed by atoms with Gasteiger partial charge in [-0.2, -0.15) is 0 Å². The summed E-state index contributed by atoms with van der Waals surface area (Å²) in [6, 6.07) is 13.1. The van der Waals surface area contributed by atoms with Crippen LogP contribution in [0.2, 0.25) is 0 Å². The van der Waals surface area contributed by atoms with E-state index >= 15 is 0 Å².